The van der Waals surface area contributed by atoms with Gasteiger partial charge in [-0.2, -0.15) is 5.10 Å². The second-order valence-corrected chi connectivity index (χ2v) is 2.71. The van der Waals surface area contributed by atoms with Crippen LogP contribution in [0.1, 0.15) is 18.3 Å². The largest absolute Gasteiger partial charge is 0.236 e. The summed E-state index contributed by atoms with van der Waals surface area (Å²) in [5, 5.41) is 4.05. The van der Waals surface area contributed by atoms with Gasteiger partial charge in [0.2, 0.25) is 0 Å². The van der Waals surface area contributed by atoms with Crippen molar-refractivity contribution in [3.05, 3.63) is 23.9 Å². The zero-order chi connectivity index (χ0) is 8.55. The van der Waals surface area contributed by atoms with E-state index < -0.39 is 0 Å². The predicted octanol–water partition coefficient (Wildman–Crippen LogP) is 0.995. The summed E-state index contributed by atoms with van der Waals surface area (Å²) in [6.07, 6.45) is 4.35. The molecule has 12 heavy (non-hydrogen) atoms. The van der Waals surface area contributed by atoms with Crippen molar-refractivity contribution in [2.24, 2.45) is 0 Å². The predicted molar refractivity (Wildman–Crippen MR) is 44.9 cm³/mol. The Morgan fingerprint density at radius 3 is 3.08 bits per heavy atom. The minimum absolute atomic E-state index is 0.873. The molecule has 0 amide bonds. The lowest BCUT2D eigenvalue weighted by atomic mass is 10.3. The minimum atomic E-state index is 0.873. The Balaban J connectivity index is 2.78. The van der Waals surface area contributed by atoms with Gasteiger partial charge in [-0.15, -0.1) is 0 Å². The topological polar surface area (TPSA) is 43.1 Å². The van der Waals surface area contributed by atoms with Crippen molar-refractivity contribution in [2.75, 3.05) is 0 Å². The van der Waals surface area contributed by atoms with E-state index in [0.717, 1.165) is 23.5 Å². The van der Waals surface area contributed by atoms with Gasteiger partial charge in [-0.25, -0.2) is 14.5 Å². The number of rotatable bonds is 1. The van der Waals surface area contributed by atoms with Crippen molar-refractivity contribution < 1.29 is 0 Å². The lowest BCUT2D eigenvalue weighted by Gasteiger charge is -1.95. The molecule has 0 aliphatic rings. The third-order valence-electron chi connectivity index (χ3n) is 1.79. The van der Waals surface area contributed by atoms with E-state index in [1.807, 2.05) is 13.1 Å². The van der Waals surface area contributed by atoms with Crippen LogP contribution >= 0.6 is 0 Å². The first kappa shape index (κ1) is 7.21. The first-order valence-corrected chi connectivity index (χ1v) is 3.97. The maximum Gasteiger partial charge on any atom is 0.175 e. The van der Waals surface area contributed by atoms with Gasteiger partial charge in [0.1, 0.15) is 6.33 Å². The smallest absolute Gasteiger partial charge is 0.175 e. The van der Waals surface area contributed by atoms with E-state index in [4.69, 9.17) is 0 Å². The van der Waals surface area contributed by atoms with E-state index in [-0.39, 0.29) is 0 Å². The van der Waals surface area contributed by atoms with Crippen molar-refractivity contribution in [1.82, 2.24) is 19.6 Å². The summed E-state index contributed by atoms with van der Waals surface area (Å²) in [5.74, 6) is 0. The van der Waals surface area contributed by atoms with E-state index in [1.165, 1.54) is 0 Å². The van der Waals surface area contributed by atoms with Crippen LogP contribution in [-0.2, 0) is 6.42 Å². The summed E-state index contributed by atoms with van der Waals surface area (Å²) in [6.45, 7) is 4.01. The number of nitrogens with zero attached hydrogens (tertiary/aromatic N) is 4. The molecule has 0 atom stereocenters. The van der Waals surface area contributed by atoms with Gasteiger partial charge in [0.15, 0.2) is 5.65 Å². The molecule has 4 nitrogen and oxygen atoms in total. The summed E-state index contributed by atoms with van der Waals surface area (Å²) in [5.41, 5.74) is 2.85. The number of imidazole rings is 1. The number of hydrogen-bond acceptors (Lipinski definition) is 3. The summed E-state index contributed by atoms with van der Waals surface area (Å²) < 4.78 is 1.77. The Labute approximate surface area is 70.3 Å². The first-order valence-electron chi connectivity index (χ1n) is 3.97. The summed E-state index contributed by atoms with van der Waals surface area (Å²) in [7, 11) is 0. The van der Waals surface area contributed by atoms with Crippen LogP contribution in [0.4, 0.5) is 0 Å². The second kappa shape index (κ2) is 2.55. The molecule has 0 aromatic carbocycles. The molecule has 0 aliphatic heterocycles. The molecule has 0 fully saturated rings. The van der Waals surface area contributed by atoms with E-state index >= 15 is 0 Å². The van der Waals surface area contributed by atoms with Crippen LogP contribution < -0.4 is 0 Å². The van der Waals surface area contributed by atoms with Crippen LogP contribution in [0.25, 0.3) is 5.65 Å². The fourth-order valence-corrected chi connectivity index (χ4v) is 1.23. The number of hydrogen-bond donors (Lipinski definition) is 0. The molecule has 0 unspecified atom stereocenters. The highest BCUT2D eigenvalue weighted by molar-refractivity contribution is 5.43. The lowest BCUT2D eigenvalue weighted by molar-refractivity contribution is 0.859. The SMILES string of the molecule is CCc1ncnn2cc(C)nc12. The normalized spacial score (nSPS) is 10.8. The van der Waals surface area contributed by atoms with Crippen molar-refractivity contribution in [3.63, 3.8) is 0 Å². The molecule has 2 heterocycles. The van der Waals surface area contributed by atoms with Crippen LogP contribution in [0.15, 0.2) is 12.5 Å². The molecule has 2 aromatic rings. The fourth-order valence-electron chi connectivity index (χ4n) is 1.23. The van der Waals surface area contributed by atoms with Crippen LogP contribution in [0.5, 0.6) is 0 Å². The first-order chi connectivity index (χ1) is 5.81. The average Bonchev–Trinajstić information content (AvgIpc) is 2.44. The molecule has 0 saturated heterocycles. The van der Waals surface area contributed by atoms with Crippen LogP contribution in [0.3, 0.4) is 0 Å². The lowest BCUT2D eigenvalue weighted by Crippen LogP contribution is -1.97. The number of aromatic nitrogens is 4. The summed E-state index contributed by atoms with van der Waals surface area (Å²) >= 11 is 0. The Morgan fingerprint density at radius 1 is 1.50 bits per heavy atom. The molecular weight excluding hydrogens is 152 g/mol. The second-order valence-electron chi connectivity index (χ2n) is 2.71. The Bertz CT molecular complexity index is 404. The molecule has 4 heteroatoms. The highest BCUT2D eigenvalue weighted by Gasteiger charge is 2.03. The minimum Gasteiger partial charge on any atom is -0.236 e. The maximum absolute atomic E-state index is 4.32. The van der Waals surface area contributed by atoms with Gasteiger partial charge in [-0.1, -0.05) is 6.92 Å². The fraction of sp³-hybridized carbons (Fsp3) is 0.375. The average molecular weight is 162 g/mol. The summed E-state index contributed by atoms with van der Waals surface area (Å²) in [4.78, 5) is 8.47. The Kier molecular flexibility index (Phi) is 1.53. The number of fused-ring (bicyclic) bond motifs is 1. The van der Waals surface area contributed by atoms with Crippen molar-refractivity contribution >= 4 is 5.65 Å². The summed E-state index contributed by atoms with van der Waals surface area (Å²) in [6, 6.07) is 0. The zero-order valence-electron chi connectivity index (χ0n) is 7.15. The monoisotopic (exact) mass is 162 g/mol. The molecule has 0 aliphatic carbocycles. The van der Waals surface area contributed by atoms with E-state index in [2.05, 4.69) is 22.0 Å². The molecule has 0 spiro atoms. The molecule has 0 N–H and O–H groups in total. The zero-order valence-corrected chi connectivity index (χ0v) is 7.15. The molecule has 0 bridgehead atoms. The Morgan fingerprint density at radius 2 is 2.33 bits per heavy atom. The molecular formula is C8H10N4. The van der Waals surface area contributed by atoms with Gasteiger partial charge >= 0.3 is 0 Å². The highest BCUT2D eigenvalue weighted by atomic mass is 15.3. The third kappa shape index (κ3) is 0.958. The molecule has 0 saturated carbocycles. The standard InChI is InChI=1S/C8H10N4/c1-3-7-8-11-6(2)4-12(8)10-5-9-7/h4-5H,3H2,1-2H3. The van der Waals surface area contributed by atoms with Crippen LogP contribution in [-0.4, -0.2) is 19.6 Å². The van der Waals surface area contributed by atoms with Crippen molar-refractivity contribution in [2.45, 2.75) is 20.3 Å². The Hall–Kier alpha value is -1.45. The van der Waals surface area contributed by atoms with Gasteiger partial charge in [0, 0.05) is 0 Å². The van der Waals surface area contributed by atoms with Gasteiger partial charge in [0.05, 0.1) is 17.6 Å². The quantitative estimate of drug-likeness (QED) is 0.628. The van der Waals surface area contributed by atoms with E-state index in [9.17, 15) is 0 Å². The van der Waals surface area contributed by atoms with Gasteiger partial charge in [0.25, 0.3) is 0 Å². The molecule has 2 rings (SSSR count). The third-order valence-corrected chi connectivity index (χ3v) is 1.79. The van der Waals surface area contributed by atoms with Crippen molar-refractivity contribution in [1.29, 1.82) is 0 Å². The van der Waals surface area contributed by atoms with Crippen LogP contribution in [0, 0.1) is 6.92 Å². The van der Waals surface area contributed by atoms with Gasteiger partial charge < -0.3 is 0 Å². The van der Waals surface area contributed by atoms with Crippen molar-refractivity contribution in [3.8, 4) is 0 Å². The molecule has 0 radical (unpaired) electrons. The van der Waals surface area contributed by atoms with E-state index in [0.29, 0.717) is 0 Å². The van der Waals surface area contributed by atoms with Gasteiger partial charge in [-0.05, 0) is 13.3 Å². The van der Waals surface area contributed by atoms with E-state index in [1.54, 1.807) is 10.8 Å². The number of aryl methyl sites for hydroxylation is 2. The van der Waals surface area contributed by atoms with Crippen LogP contribution in [0.2, 0.25) is 0 Å². The maximum atomic E-state index is 4.32. The molecule has 62 valence electrons. The highest BCUT2D eigenvalue weighted by Crippen LogP contribution is 2.06. The van der Waals surface area contributed by atoms with Gasteiger partial charge in [-0.3, -0.25) is 0 Å². The molecule has 2 aromatic heterocycles.